The van der Waals surface area contributed by atoms with E-state index < -0.39 is 10.1 Å². The molecule has 1 aromatic rings. The number of rotatable bonds is 4. The molecule has 1 saturated heterocycles. The minimum atomic E-state index is -3.55. The van der Waals surface area contributed by atoms with Crippen LogP contribution < -0.4 is 10.3 Å². The number of fused-ring (bicyclic) bond motifs is 4. The third-order valence-electron chi connectivity index (χ3n) is 6.03. The van der Waals surface area contributed by atoms with Gasteiger partial charge in [0.2, 0.25) is 0 Å². The topological polar surface area (TPSA) is 65.1 Å². The Hall–Kier alpha value is -1.46. The second-order valence-corrected chi connectivity index (χ2v) is 12.0. The van der Waals surface area contributed by atoms with Crippen molar-refractivity contribution in [1.29, 1.82) is 0 Å². The van der Waals surface area contributed by atoms with Crippen molar-refractivity contribution in [2.45, 2.75) is 13.1 Å². The smallest absolute Gasteiger partial charge is 0.265 e. The Morgan fingerprint density at radius 3 is 2.84 bits per heavy atom. The number of hydrazine groups is 1. The van der Waals surface area contributed by atoms with Gasteiger partial charge in [-0.15, -0.1) is 10.5 Å². The van der Waals surface area contributed by atoms with Crippen LogP contribution in [-0.4, -0.2) is 61.9 Å². The fourth-order valence-corrected chi connectivity index (χ4v) is 7.29. The zero-order valence-electron chi connectivity index (χ0n) is 17.6. The summed E-state index contributed by atoms with van der Waals surface area (Å²) in [6, 6.07) is 7.81. The molecular weight excluding hydrogens is 456 g/mol. The summed E-state index contributed by atoms with van der Waals surface area (Å²) >= 11 is 6.58. The van der Waals surface area contributed by atoms with Gasteiger partial charge >= 0.3 is 0 Å². The molecule has 1 fully saturated rings. The molecule has 0 spiro atoms. The monoisotopic (exact) mass is 480 g/mol. The van der Waals surface area contributed by atoms with Crippen molar-refractivity contribution in [3.63, 3.8) is 0 Å². The van der Waals surface area contributed by atoms with E-state index in [1.807, 2.05) is 29.3 Å². The van der Waals surface area contributed by atoms with Crippen molar-refractivity contribution in [2.75, 3.05) is 37.4 Å². The van der Waals surface area contributed by atoms with Crippen LogP contribution in [0.5, 0.6) is 0 Å². The predicted octanol–water partition coefficient (Wildman–Crippen LogP) is 2.89. The zero-order chi connectivity index (χ0) is 21.9. The van der Waals surface area contributed by atoms with E-state index in [0.717, 1.165) is 11.9 Å². The fourth-order valence-electron chi connectivity index (χ4n) is 4.60. The normalized spacial score (nSPS) is 28.6. The van der Waals surface area contributed by atoms with Gasteiger partial charge in [-0.05, 0) is 24.0 Å². The van der Waals surface area contributed by atoms with Crippen LogP contribution in [0.2, 0.25) is 5.02 Å². The third-order valence-corrected chi connectivity index (χ3v) is 8.94. The van der Waals surface area contributed by atoms with Gasteiger partial charge in [-0.1, -0.05) is 42.8 Å². The molecule has 166 valence electrons. The molecular formula is C21H25ClN4O3S2. The van der Waals surface area contributed by atoms with E-state index in [4.69, 9.17) is 15.8 Å². The minimum absolute atomic E-state index is 0.0556. The number of anilines is 1. The van der Waals surface area contributed by atoms with Crippen LogP contribution in [-0.2, 0) is 14.3 Å². The van der Waals surface area contributed by atoms with Gasteiger partial charge < -0.3 is 4.90 Å². The maximum absolute atomic E-state index is 11.6. The second-order valence-electron chi connectivity index (χ2n) is 8.08. The van der Waals surface area contributed by atoms with Gasteiger partial charge in [0, 0.05) is 22.6 Å². The minimum Gasteiger partial charge on any atom is -0.343 e. The largest absolute Gasteiger partial charge is 0.343 e. The Kier molecular flexibility index (Phi) is 5.41. The van der Waals surface area contributed by atoms with Crippen LogP contribution >= 0.6 is 22.1 Å². The summed E-state index contributed by atoms with van der Waals surface area (Å²) in [5, 5.41) is 2.54. The van der Waals surface area contributed by atoms with Crippen molar-refractivity contribution in [3.8, 4) is 0 Å². The molecule has 0 bridgehead atoms. The number of nitrogens with one attached hydrogen (secondary N) is 1. The van der Waals surface area contributed by atoms with Crippen molar-refractivity contribution in [2.24, 2.45) is 5.92 Å². The lowest BCUT2D eigenvalue weighted by Gasteiger charge is -2.31. The first-order valence-corrected chi connectivity index (χ1v) is 13.9. The quantitative estimate of drug-likeness (QED) is 0.525. The van der Waals surface area contributed by atoms with Gasteiger partial charge in [0.05, 0.1) is 35.2 Å². The van der Waals surface area contributed by atoms with Gasteiger partial charge in [-0.3, -0.25) is 4.18 Å². The highest BCUT2D eigenvalue weighted by Gasteiger charge is 2.44. The van der Waals surface area contributed by atoms with Gasteiger partial charge in [0.25, 0.3) is 10.1 Å². The summed E-state index contributed by atoms with van der Waals surface area (Å²) in [5.74, 6) is 0.360. The van der Waals surface area contributed by atoms with Crippen molar-refractivity contribution in [1.82, 2.24) is 15.3 Å². The van der Waals surface area contributed by atoms with E-state index >= 15 is 0 Å². The van der Waals surface area contributed by atoms with Gasteiger partial charge in [0.15, 0.2) is 0 Å². The third kappa shape index (κ3) is 3.72. The lowest BCUT2D eigenvalue weighted by Crippen LogP contribution is -2.49. The Balaban J connectivity index is 1.59. The van der Waals surface area contributed by atoms with Crippen LogP contribution in [0, 0.1) is 5.92 Å². The Bertz CT molecular complexity index is 1170. The molecule has 1 aromatic carbocycles. The number of para-hydroxylation sites is 1. The summed E-state index contributed by atoms with van der Waals surface area (Å²) in [6.45, 7) is 3.38. The average Bonchev–Trinajstić information content (AvgIpc) is 3.32. The van der Waals surface area contributed by atoms with E-state index in [1.54, 1.807) is 0 Å². The SMILES string of the molecule is CC1C=CC2=C1C1=CN(c3ccccc3Cl)CC3N(COS(C)(=O)=O)NCN3C1=S2C. The molecule has 0 radical (unpaired) electrons. The molecule has 0 amide bonds. The molecule has 10 heteroatoms. The molecule has 5 rings (SSSR count). The van der Waals surface area contributed by atoms with E-state index in [1.165, 1.54) is 21.0 Å². The first-order valence-electron chi connectivity index (χ1n) is 10.0. The van der Waals surface area contributed by atoms with Gasteiger partial charge in [-0.2, -0.15) is 13.4 Å². The maximum Gasteiger partial charge on any atom is 0.265 e. The predicted molar refractivity (Wildman–Crippen MR) is 127 cm³/mol. The molecule has 3 atom stereocenters. The molecule has 0 aromatic heterocycles. The standard InChI is InChI=1S/C21H25ClN4O3S2/c1-14-8-9-18-20(14)15-10-24(17-7-5-4-6-16(17)22)11-19-25(21(15)30(18)2)12-23-26(19)13-29-31(3,27)28/h4-10,14,19,23H,11-13H2,1-3H3. The number of allylic oxidation sites excluding steroid dienone is 2. The molecule has 3 unspecified atom stereocenters. The van der Waals surface area contributed by atoms with Crippen LogP contribution in [0.25, 0.3) is 0 Å². The number of hydrogen-bond donors (Lipinski definition) is 1. The van der Waals surface area contributed by atoms with Crippen LogP contribution in [0.1, 0.15) is 6.92 Å². The molecule has 3 aliphatic heterocycles. The molecule has 31 heavy (non-hydrogen) atoms. The summed E-state index contributed by atoms with van der Waals surface area (Å²) in [5.41, 5.74) is 6.88. The highest BCUT2D eigenvalue weighted by atomic mass is 35.5. The van der Waals surface area contributed by atoms with Crippen molar-refractivity contribution in [3.05, 3.63) is 63.7 Å². The van der Waals surface area contributed by atoms with E-state index in [-0.39, 0.29) is 23.4 Å². The summed E-state index contributed by atoms with van der Waals surface area (Å²) in [7, 11) is -3.62. The summed E-state index contributed by atoms with van der Waals surface area (Å²) in [6.07, 6.45) is 9.97. The number of benzene rings is 1. The average molecular weight is 481 g/mol. The van der Waals surface area contributed by atoms with Gasteiger partial charge in [0.1, 0.15) is 12.9 Å². The summed E-state index contributed by atoms with van der Waals surface area (Å²) in [4.78, 5) is 7.20. The van der Waals surface area contributed by atoms with Crippen LogP contribution in [0.4, 0.5) is 5.69 Å². The molecule has 7 nitrogen and oxygen atoms in total. The Morgan fingerprint density at radius 1 is 1.32 bits per heavy atom. The molecule has 1 aliphatic carbocycles. The Labute approximate surface area is 190 Å². The number of halogens is 1. The number of hydrogen-bond acceptors (Lipinski definition) is 7. The number of nitrogens with zero attached hydrogens (tertiary/aromatic N) is 3. The fraction of sp³-hybridized carbons (Fsp3) is 0.381. The molecule has 1 N–H and O–H groups in total. The van der Waals surface area contributed by atoms with E-state index in [2.05, 4.69) is 46.8 Å². The van der Waals surface area contributed by atoms with Crippen molar-refractivity contribution < 1.29 is 12.6 Å². The highest BCUT2D eigenvalue weighted by Crippen LogP contribution is 2.49. The lowest BCUT2D eigenvalue weighted by molar-refractivity contribution is 0.0640. The second kappa shape index (κ2) is 7.84. The Morgan fingerprint density at radius 2 is 2.10 bits per heavy atom. The first-order chi connectivity index (χ1) is 14.7. The van der Waals surface area contributed by atoms with Crippen LogP contribution in [0.15, 0.2) is 58.7 Å². The molecule has 0 saturated carbocycles. The highest BCUT2D eigenvalue weighted by molar-refractivity contribution is 8.19. The first kappa shape index (κ1) is 21.4. The maximum atomic E-state index is 11.6. The van der Waals surface area contributed by atoms with Crippen LogP contribution in [0.3, 0.4) is 0 Å². The van der Waals surface area contributed by atoms with Crippen molar-refractivity contribution >= 4 is 42.9 Å². The lowest BCUT2D eigenvalue weighted by atomic mass is 9.97. The molecule has 4 aliphatic rings. The molecule has 3 heterocycles. The van der Waals surface area contributed by atoms with E-state index in [0.29, 0.717) is 24.2 Å². The summed E-state index contributed by atoms with van der Waals surface area (Å²) < 4.78 is 28.3. The van der Waals surface area contributed by atoms with Gasteiger partial charge in [-0.25, -0.2) is 10.3 Å². The van der Waals surface area contributed by atoms with E-state index in [9.17, 15) is 8.42 Å². The zero-order valence-corrected chi connectivity index (χ0v) is 20.0.